The number of ether oxygens (including phenoxy) is 3. The quantitative estimate of drug-likeness (QED) is 0.732. The van der Waals surface area contributed by atoms with Gasteiger partial charge in [0, 0.05) is 32.5 Å². The third-order valence-corrected chi connectivity index (χ3v) is 3.11. The van der Waals surface area contributed by atoms with Gasteiger partial charge in [-0.1, -0.05) is 0 Å². The van der Waals surface area contributed by atoms with Gasteiger partial charge in [-0.3, -0.25) is 23.9 Å². The van der Waals surface area contributed by atoms with Crippen molar-refractivity contribution >= 4 is 11.9 Å². The number of H-pyrrole nitrogens is 1. The van der Waals surface area contributed by atoms with Crippen molar-refractivity contribution in [2.24, 2.45) is 0 Å². The van der Waals surface area contributed by atoms with Gasteiger partial charge in [0.2, 0.25) is 0 Å². The first-order chi connectivity index (χ1) is 10.4. The summed E-state index contributed by atoms with van der Waals surface area (Å²) in [5.74, 6) is -0.995. The van der Waals surface area contributed by atoms with Crippen molar-refractivity contribution in [1.29, 1.82) is 0 Å². The molecule has 0 radical (unpaired) electrons. The number of aromatic amines is 1. The monoisotopic (exact) mass is 312 g/mol. The van der Waals surface area contributed by atoms with Crippen LogP contribution in [0.25, 0.3) is 0 Å². The maximum atomic E-state index is 11.8. The molecule has 0 aliphatic carbocycles. The Bertz CT molecular complexity index is 677. The average molecular weight is 312 g/mol. The molecule has 2 heterocycles. The first-order valence-corrected chi connectivity index (χ1v) is 6.64. The summed E-state index contributed by atoms with van der Waals surface area (Å²) in [6, 6.07) is 1.19. The van der Waals surface area contributed by atoms with Crippen molar-refractivity contribution in [1.82, 2.24) is 9.55 Å². The molecule has 0 amide bonds. The van der Waals surface area contributed by atoms with Gasteiger partial charge in [-0.05, 0) is 0 Å². The van der Waals surface area contributed by atoms with Crippen molar-refractivity contribution in [3.05, 3.63) is 33.1 Å². The summed E-state index contributed by atoms with van der Waals surface area (Å²) in [5.41, 5.74) is -1.15. The van der Waals surface area contributed by atoms with Crippen molar-refractivity contribution in [2.45, 2.75) is 38.7 Å². The molecule has 0 aromatic carbocycles. The van der Waals surface area contributed by atoms with E-state index in [9.17, 15) is 19.2 Å². The summed E-state index contributed by atoms with van der Waals surface area (Å²) in [7, 11) is 0. The van der Waals surface area contributed by atoms with Crippen molar-refractivity contribution in [3.63, 3.8) is 0 Å². The second-order valence-corrected chi connectivity index (χ2v) is 4.83. The topological polar surface area (TPSA) is 117 Å². The highest BCUT2D eigenvalue weighted by Gasteiger charge is 2.39. The minimum absolute atomic E-state index is 0.0954. The van der Waals surface area contributed by atoms with Gasteiger partial charge in [0.25, 0.3) is 5.56 Å². The zero-order valence-electron chi connectivity index (χ0n) is 12.1. The summed E-state index contributed by atoms with van der Waals surface area (Å²) in [6.07, 6.45) is -0.561. The van der Waals surface area contributed by atoms with Crippen LogP contribution in [-0.4, -0.2) is 40.3 Å². The van der Waals surface area contributed by atoms with Crippen LogP contribution in [-0.2, 0) is 23.8 Å². The van der Waals surface area contributed by atoms with E-state index in [0.29, 0.717) is 0 Å². The summed E-state index contributed by atoms with van der Waals surface area (Å²) >= 11 is 0. The Morgan fingerprint density at radius 3 is 2.68 bits per heavy atom. The molecule has 22 heavy (non-hydrogen) atoms. The van der Waals surface area contributed by atoms with Crippen molar-refractivity contribution in [2.75, 3.05) is 6.61 Å². The van der Waals surface area contributed by atoms with Crippen LogP contribution in [0.3, 0.4) is 0 Å². The SMILES string of the molecule is CC(=O)OC[C@@H]1O[C@H](n2ccc(=O)[nH]c2=O)C[C@@H]1OC(C)=O. The van der Waals surface area contributed by atoms with Crippen molar-refractivity contribution < 1.29 is 23.8 Å². The van der Waals surface area contributed by atoms with Crippen LogP contribution in [0, 0.1) is 0 Å². The van der Waals surface area contributed by atoms with E-state index < -0.39 is 41.6 Å². The molecule has 1 aliphatic rings. The summed E-state index contributed by atoms with van der Waals surface area (Å²) in [4.78, 5) is 47.0. The fourth-order valence-electron chi connectivity index (χ4n) is 2.21. The van der Waals surface area contributed by atoms with Gasteiger partial charge in [0.15, 0.2) is 0 Å². The van der Waals surface area contributed by atoms with Crippen molar-refractivity contribution in [3.8, 4) is 0 Å². The zero-order chi connectivity index (χ0) is 16.3. The Morgan fingerprint density at radius 2 is 2.09 bits per heavy atom. The molecule has 1 saturated heterocycles. The third kappa shape index (κ3) is 3.82. The molecular weight excluding hydrogens is 296 g/mol. The van der Waals surface area contributed by atoms with Crippen LogP contribution in [0.2, 0.25) is 0 Å². The average Bonchev–Trinajstić information content (AvgIpc) is 2.78. The lowest BCUT2D eigenvalue weighted by Gasteiger charge is -2.17. The predicted molar refractivity (Wildman–Crippen MR) is 72.0 cm³/mol. The number of nitrogens with one attached hydrogen (secondary N) is 1. The van der Waals surface area contributed by atoms with Crippen LogP contribution in [0.15, 0.2) is 21.9 Å². The predicted octanol–water partition coefficient (Wildman–Crippen LogP) is -0.681. The molecule has 1 aromatic rings. The highest BCUT2D eigenvalue weighted by Crippen LogP contribution is 2.30. The Labute approximate surface area is 124 Å². The van der Waals surface area contributed by atoms with E-state index in [2.05, 4.69) is 4.98 Å². The van der Waals surface area contributed by atoms with Gasteiger partial charge in [-0.15, -0.1) is 0 Å². The van der Waals surface area contributed by atoms with Crippen LogP contribution in [0.1, 0.15) is 26.5 Å². The smallest absolute Gasteiger partial charge is 0.330 e. The largest absolute Gasteiger partial charge is 0.463 e. The van der Waals surface area contributed by atoms with E-state index in [-0.39, 0.29) is 13.0 Å². The number of carbonyl (C=O) groups is 2. The number of carbonyl (C=O) groups excluding carboxylic acids is 2. The van der Waals surface area contributed by atoms with Gasteiger partial charge >= 0.3 is 17.6 Å². The van der Waals surface area contributed by atoms with E-state index in [0.717, 1.165) is 0 Å². The molecule has 1 fully saturated rings. The minimum atomic E-state index is -0.728. The molecule has 1 aromatic heterocycles. The second-order valence-electron chi connectivity index (χ2n) is 4.83. The molecule has 1 aliphatic heterocycles. The van der Waals surface area contributed by atoms with E-state index >= 15 is 0 Å². The fraction of sp³-hybridized carbons (Fsp3) is 0.538. The van der Waals surface area contributed by atoms with Gasteiger partial charge < -0.3 is 14.2 Å². The molecule has 0 spiro atoms. The molecule has 2 rings (SSSR count). The molecule has 120 valence electrons. The number of hydrogen-bond acceptors (Lipinski definition) is 7. The van der Waals surface area contributed by atoms with E-state index in [1.54, 1.807) is 0 Å². The van der Waals surface area contributed by atoms with Gasteiger partial charge in [0.1, 0.15) is 25.0 Å². The maximum Gasteiger partial charge on any atom is 0.330 e. The Balaban J connectivity index is 2.17. The molecule has 0 unspecified atom stereocenters. The number of hydrogen-bond donors (Lipinski definition) is 1. The number of rotatable bonds is 4. The molecule has 9 nitrogen and oxygen atoms in total. The highest BCUT2D eigenvalue weighted by atomic mass is 16.6. The standard InChI is InChI=1S/C13H16N2O7/c1-7(16)20-6-10-9(21-8(2)17)5-12(22-10)15-4-3-11(18)14-13(15)19/h3-4,9-10,12H,5-6H2,1-2H3,(H,14,18,19)/t9-,10-,12-/m0/s1. The van der Waals surface area contributed by atoms with Crippen LogP contribution >= 0.6 is 0 Å². The van der Waals surface area contributed by atoms with Crippen LogP contribution < -0.4 is 11.2 Å². The lowest BCUT2D eigenvalue weighted by Crippen LogP contribution is -2.32. The van der Waals surface area contributed by atoms with Crippen LogP contribution in [0.5, 0.6) is 0 Å². The third-order valence-electron chi connectivity index (χ3n) is 3.11. The van der Waals surface area contributed by atoms with E-state index in [1.165, 1.54) is 30.7 Å². The lowest BCUT2D eigenvalue weighted by atomic mass is 10.2. The van der Waals surface area contributed by atoms with E-state index in [4.69, 9.17) is 14.2 Å². The van der Waals surface area contributed by atoms with Gasteiger partial charge in [-0.2, -0.15) is 0 Å². The van der Waals surface area contributed by atoms with E-state index in [1.807, 2.05) is 0 Å². The minimum Gasteiger partial charge on any atom is -0.463 e. The Hall–Kier alpha value is -2.42. The molecule has 9 heteroatoms. The summed E-state index contributed by atoms with van der Waals surface area (Å²) < 4.78 is 16.8. The number of aromatic nitrogens is 2. The molecule has 0 saturated carbocycles. The van der Waals surface area contributed by atoms with Crippen LogP contribution in [0.4, 0.5) is 0 Å². The molecule has 3 atom stereocenters. The molecular formula is C13H16N2O7. The van der Waals surface area contributed by atoms with Gasteiger partial charge in [0.05, 0.1) is 0 Å². The zero-order valence-corrected chi connectivity index (χ0v) is 12.1. The maximum absolute atomic E-state index is 11.8. The Kier molecular flexibility index (Phi) is 4.76. The normalized spacial score (nSPS) is 24.0. The Morgan fingerprint density at radius 1 is 1.36 bits per heavy atom. The first kappa shape index (κ1) is 16.0. The fourth-order valence-corrected chi connectivity index (χ4v) is 2.21. The number of esters is 2. The second kappa shape index (κ2) is 6.56. The first-order valence-electron chi connectivity index (χ1n) is 6.64. The molecule has 0 bridgehead atoms. The highest BCUT2D eigenvalue weighted by molar-refractivity contribution is 5.66. The summed E-state index contributed by atoms with van der Waals surface area (Å²) in [5, 5.41) is 0. The number of nitrogens with zero attached hydrogens (tertiary/aromatic N) is 1. The lowest BCUT2D eigenvalue weighted by molar-refractivity contribution is -0.155. The van der Waals surface area contributed by atoms with Gasteiger partial charge in [-0.25, -0.2) is 4.79 Å². The molecule has 1 N–H and O–H groups in total. The summed E-state index contributed by atoms with van der Waals surface area (Å²) in [6.45, 7) is 2.41.